The largest absolute Gasteiger partial charge is 0.504 e. The highest BCUT2D eigenvalue weighted by atomic mass is 16.5. The monoisotopic (exact) mass is 233 g/mol. The van der Waals surface area contributed by atoms with Crippen LogP contribution in [-0.2, 0) is 4.79 Å². The number of rotatable bonds is 3. The molecule has 0 aromatic heterocycles. The van der Waals surface area contributed by atoms with Gasteiger partial charge in [0.15, 0.2) is 11.5 Å². The maximum atomic E-state index is 10.6. The van der Waals surface area contributed by atoms with E-state index in [0.717, 1.165) is 24.9 Å². The summed E-state index contributed by atoms with van der Waals surface area (Å²) in [6.45, 7) is 1.38. The van der Waals surface area contributed by atoms with Crippen LogP contribution in [0.1, 0.15) is 12.0 Å². The zero-order valence-corrected chi connectivity index (χ0v) is 9.72. The van der Waals surface area contributed by atoms with E-state index in [1.54, 1.807) is 11.0 Å². The molecule has 0 saturated carbocycles. The molecule has 0 atom stereocenters. The summed E-state index contributed by atoms with van der Waals surface area (Å²) in [6, 6.07) is 5.30. The van der Waals surface area contributed by atoms with Crippen LogP contribution >= 0.6 is 0 Å². The zero-order chi connectivity index (χ0) is 12.3. The quantitative estimate of drug-likeness (QED) is 0.807. The van der Waals surface area contributed by atoms with E-state index >= 15 is 0 Å². The zero-order valence-electron chi connectivity index (χ0n) is 9.72. The number of hydrogen-bond acceptors (Lipinski definition) is 3. The SMILES string of the molecule is COc1cc(C2=CCN(C=O)CC2)ccc1O. The maximum Gasteiger partial charge on any atom is 0.209 e. The number of phenols is 1. The van der Waals surface area contributed by atoms with Crippen LogP contribution in [0.5, 0.6) is 11.5 Å². The van der Waals surface area contributed by atoms with Gasteiger partial charge in [-0.05, 0) is 29.7 Å². The van der Waals surface area contributed by atoms with Crippen molar-refractivity contribution in [3.05, 3.63) is 29.8 Å². The molecule has 1 aromatic carbocycles. The van der Waals surface area contributed by atoms with E-state index in [4.69, 9.17) is 4.74 Å². The van der Waals surface area contributed by atoms with Crippen LogP contribution in [0.15, 0.2) is 24.3 Å². The molecule has 0 radical (unpaired) electrons. The predicted octanol–water partition coefficient (Wildman–Crippen LogP) is 1.65. The molecule has 0 unspecified atom stereocenters. The molecule has 1 N–H and O–H groups in total. The second-order valence-corrected chi connectivity index (χ2v) is 3.97. The molecule has 0 fully saturated rings. The molecule has 1 aliphatic heterocycles. The van der Waals surface area contributed by atoms with Gasteiger partial charge in [0.05, 0.1) is 7.11 Å². The highest BCUT2D eigenvalue weighted by molar-refractivity contribution is 5.70. The molecule has 0 bridgehead atoms. The van der Waals surface area contributed by atoms with E-state index in [2.05, 4.69) is 0 Å². The second kappa shape index (κ2) is 4.91. The molecule has 0 aliphatic carbocycles. The van der Waals surface area contributed by atoms with Gasteiger partial charge in [0.2, 0.25) is 6.41 Å². The van der Waals surface area contributed by atoms with Crippen LogP contribution in [0.3, 0.4) is 0 Å². The lowest BCUT2D eigenvalue weighted by atomic mass is 9.99. The van der Waals surface area contributed by atoms with Gasteiger partial charge in [0.1, 0.15) is 0 Å². The first kappa shape index (κ1) is 11.5. The van der Waals surface area contributed by atoms with E-state index in [1.807, 2.05) is 18.2 Å². The van der Waals surface area contributed by atoms with E-state index < -0.39 is 0 Å². The van der Waals surface area contributed by atoms with Gasteiger partial charge in [-0.25, -0.2) is 0 Å². The summed E-state index contributed by atoms with van der Waals surface area (Å²) in [6.07, 6.45) is 3.72. The molecule has 0 spiro atoms. The third-order valence-electron chi connectivity index (χ3n) is 2.94. The molecular weight excluding hydrogens is 218 g/mol. The number of ether oxygens (including phenoxy) is 1. The molecular formula is C13H15NO3. The van der Waals surface area contributed by atoms with Crippen LogP contribution in [0, 0.1) is 0 Å². The standard InChI is InChI=1S/C13H15NO3/c1-17-13-8-11(2-3-12(13)16)10-4-6-14(9-15)7-5-10/h2-4,8-9,16H,5-7H2,1H3. The summed E-state index contributed by atoms with van der Waals surface area (Å²) in [7, 11) is 1.53. The average Bonchev–Trinajstić information content (AvgIpc) is 2.39. The van der Waals surface area contributed by atoms with E-state index in [1.165, 1.54) is 12.7 Å². The Bertz CT molecular complexity index is 454. The molecule has 0 saturated heterocycles. The van der Waals surface area contributed by atoms with Crippen LogP contribution in [0.4, 0.5) is 0 Å². The highest BCUT2D eigenvalue weighted by Gasteiger charge is 2.12. The molecule has 1 heterocycles. The topological polar surface area (TPSA) is 49.8 Å². The lowest BCUT2D eigenvalue weighted by Crippen LogP contribution is -2.26. The Kier molecular flexibility index (Phi) is 3.32. The van der Waals surface area contributed by atoms with E-state index in [-0.39, 0.29) is 5.75 Å². The molecule has 2 rings (SSSR count). The smallest absolute Gasteiger partial charge is 0.209 e. The average molecular weight is 233 g/mol. The number of nitrogens with zero attached hydrogens (tertiary/aromatic N) is 1. The van der Waals surface area contributed by atoms with E-state index in [0.29, 0.717) is 12.3 Å². The summed E-state index contributed by atoms with van der Waals surface area (Å²) < 4.78 is 5.07. The minimum atomic E-state index is 0.141. The Labute approximate surface area is 100 Å². The van der Waals surface area contributed by atoms with Gasteiger partial charge in [0, 0.05) is 13.1 Å². The van der Waals surface area contributed by atoms with Gasteiger partial charge < -0.3 is 14.7 Å². The predicted molar refractivity (Wildman–Crippen MR) is 64.9 cm³/mol. The number of amides is 1. The van der Waals surface area contributed by atoms with Gasteiger partial charge in [-0.1, -0.05) is 12.1 Å². The minimum Gasteiger partial charge on any atom is -0.504 e. The fraction of sp³-hybridized carbons (Fsp3) is 0.308. The van der Waals surface area contributed by atoms with Crippen molar-refractivity contribution in [2.24, 2.45) is 0 Å². The molecule has 90 valence electrons. The Morgan fingerprint density at radius 2 is 2.29 bits per heavy atom. The van der Waals surface area contributed by atoms with Crippen LogP contribution in [0.25, 0.3) is 5.57 Å². The van der Waals surface area contributed by atoms with Gasteiger partial charge in [0.25, 0.3) is 0 Å². The maximum absolute atomic E-state index is 10.6. The number of aromatic hydroxyl groups is 1. The summed E-state index contributed by atoms with van der Waals surface area (Å²) in [4.78, 5) is 12.3. The normalized spacial score (nSPS) is 15.4. The Balaban J connectivity index is 2.23. The molecule has 17 heavy (non-hydrogen) atoms. The number of carbonyl (C=O) groups excluding carboxylic acids is 1. The van der Waals surface area contributed by atoms with Crippen molar-refractivity contribution >= 4 is 12.0 Å². The number of methoxy groups -OCH3 is 1. The van der Waals surface area contributed by atoms with Crippen molar-refractivity contribution in [1.82, 2.24) is 4.90 Å². The van der Waals surface area contributed by atoms with Crippen molar-refractivity contribution in [2.75, 3.05) is 20.2 Å². The number of phenolic OH excluding ortho intramolecular Hbond substituents is 1. The van der Waals surface area contributed by atoms with Crippen molar-refractivity contribution in [1.29, 1.82) is 0 Å². The van der Waals surface area contributed by atoms with Gasteiger partial charge in [-0.2, -0.15) is 0 Å². The Morgan fingerprint density at radius 3 is 2.88 bits per heavy atom. The van der Waals surface area contributed by atoms with Gasteiger partial charge in [-0.3, -0.25) is 4.79 Å². The summed E-state index contributed by atoms with van der Waals surface area (Å²) in [5, 5.41) is 9.51. The lowest BCUT2D eigenvalue weighted by molar-refractivity contribution is -0.117. The fourth-order valence-electron chi connectivity index (χ4n) is 1.92. The van der Waals surface area contributed by atoms with Crippen molar-refractivity contribution in [3.63, 3.8) is 0 Å². The van der Waals surface area contributed by atoms with Crippen LogP contribution in [-0.4, -0.2) is 36.6 Å². The van der Waals surface area contributed by atoms with Crippen LogP contribution in [0.2, 0.25) is 0 Å². The highest BCUT2D eigenvalue weighted by Crippen LogP contribution is 2.31. The molecule has 1 aliphatic rings. The third kappa shape index (κ3) is 2.41. The lowest BCUT2D eigenvalue weighted by Gasteiger charge is -2.22. The van der Waals surface area contributed by atoms with E-state index in [9.17, 15) is 9.90 Å². The first-order valence-corrected chi connectivity index (χ1v) is 5.50. The van der Waals surface area contributed by atoms with Gasteiger partial charge >= 0.3 is 0 Å². The number of carbonyl (C=O) groups is 1. The van der Waals surface area contributed by atoms with Crippen molar-refractivity contribution in [3.8, 4) is 11.5 Å². The first-order chi connectivity index (χ1) is 8.24. The van der Waals surface area contributed by atoms with Crippen molar-refractivity contribution in [2.45, 2.75) is 6.42 Å². The van der Waals surface area contributed by atoms with Gasteiger partial charge in [-0.15, -0.1) is 0 Å². The summed E-state index contributed by atoms with van der Waals surface area (Å²) in [5.74, 6) is 0.614. The Hall–Kier alpha value is -1.97. The second-order valence-electron chi connectivity index (χ2n) is 3.97. The number of hydrogen-bond donors (Lipinski definition) is 1. The summed E-state index contributed by atoms with van der Waals surface area (Å²) >= 11 is 0. The molecule has 1 amide bonds. The van der Waals surface area contributed by atoms with Crippen LogP contribution < -0.4 is 4.74 Å². The summed E-state index contributed by atoms with van der Waals surface area (Å²) in [5.41, 5.74) is 2.21. The Morgan fingerprint density at radius 1 is 1.47 bits per heavy atom. The third-order valence-corrected chi connectivity index (χ3v) is 2.94. The molecule has 4 heteroatoms. The fourth-order valence-corrected chi connectivity index (χ4v) is 1.92. The first-order valence-electron chi connectivity index (χ1n) is 5.50. The van der Waals surface area contributed by atoms with Crippen molar-refractivity contribution < 1.29 is 14.6 Å². The minimum absolute atomic E-state index is 0.141. The molecule has 4 nitrogen and oxygen atoms in total. The molecule has 1 aromatic rings. The number of benzene rings is 1.